The number of nitrogens with two attached hydrogens (primary N) is 1. The first-order valence-electron chi connectivity index (χ1n) is 5.99. The minimum absolute atomic E-state index is 0.00629. The molecule has 0 spiro atoms. The molecule has 2 rings (SSSR count). The second-order valence-corrected chi connectivity index (χ2v) is 7.09. The lowest BCUT2D eigenvalue weighted by molar-refractivity contribution is 0.0386. The minimum Gasteiger partial charge on any atom is -0.398 e. The van der Waals surface area contributed by atoms with Crippen LogP contribution in [0, 0.1) is 0 Å². The standard InChI is InChI=1S/C12H17ClN2O3S/c1-12(5-2-6-18-8-12)15-19(16,17)11-7-9(13)3-4-10(11)14/h3-4,7,15H,2,5-6,8,14H2,1H3. The van der Waals surface area contributed by atoms with Crippen molar-refractivity contribution in [3.05, 3.63) is 23.2 Å². The van der Waals surface area contributed by atoms with Gasteiger partial charge in [0.15, 0.2) is 0 Å². The van der Waals surface area contributed by atoms with Gasteiger partial charge in [0.05, 0.1) is 17.8 Å². The van der Waals surface area contributed by atoms with Crippen molar-refractivity contribution in [3.8, 4) is 0 Å². The van der Waals surface area contributed by atoms with Crippen molar-refractivity contribution in [2.75, 3.05) is 18.9 Å². The summed E-state index contributed by atoms with van der Waals surface area (Å²) in [6, 6.07) is 4.39. The van der Waals surface area contributed by atoms with Crippen molar-refractivity contribution in [2.45, 2.75) is 30.2 Å². The highest BCUT2D eigenvalue weighted by Crippen LogP contribution is 2.26. The van der Waals surface area contributed by atoms with E-state index in [1.165, 1.54) is 12.1 Å². The molecule has 1 aromatic carbocycles. The van der Waals surface area contributed by atoms with Crippen LogP contribution in [0.4, 0.5) is 5.69 Å². The van der Waals surface area contributed by atoms with Gasteiger partial charge in [0.1, 0.15) is 4.90 Å². The van der Waals surface area contributed by atoms with E-state index < -0.39 is 15.6 Å². The van der Waals surface area contributed by atoms with Crippen LogP contribution >= 0.6 is 11.6 Å². The van der Waals surface area contributed by atoms with Gasteiger partial charge in [-0.3, -0.25) is 0 Å². The molecule has 0 aromatic heterocycles. The molecule has 1 unspecified atom stereocenters. The van der Waals surface area contributed by atoms with E-state index in [0.717, 1.165) is 12.8 Å². The molecule has 0 bridgehead atoms. The van der Waals surface area contributed by atoms with E-state index in [1.807, 2.05) is 6.92 Å². The molecular weight excluding hydrogens is 288 g/mol. The van der Waals surface area contributed by atoms with Gasteiger partial charge in [-0.15, -0.1) is 0 Å². The van der Waals surface area contributed by atoms with Gasteiger partial charge in [-0.05, 0) is 38.0 Å². The molecule has 1 aliphatic rings. The van der Waals surface area contributed by atoms with Gasteiger partial charge >= 0.3 is 0 Å². The Labute approximate surface area is 118 Å². The Morgan fingerprint density at radius 3 is 2.84 bits per heavy atom. The summed E-state index contributed by atoms with van der Waals surface area (Å²) in [7, 11) is -3.71. The van der Waals surface area contributed by atoms with Crippen molar-refractivity contribution in [2.24, 2.45) is 0 Å². The monoisotopic (exact) mass is 304 g/mol. The van der Waals surface area contributed by atoms with Crippen molar-refractivity contribution < 1.29 is 13.2 Å². The van der Waals surface area contributed by atoms with Crippen LogP contribution in [0.1, 0.15) is 19.8 Å². The number of ether oxygens (including phenoxy) is 1. The van der Waals surface area contributed by atoms with Crippen molar-refractivity contribution in [1.29, 1.82) is 0 Å². The summed E-state index contributed by atoms with van der Waals surface area (Å²) in [4.78, 5) is 0.00629. The Balaban J connectivity index is 2.29. The molecular formula is C12H17ClN2O3S. The number of benzene rings is 1. The molecule has 0 aliphatic carbocycles. The number of anilines is 1. The average molecular weight is 305 g/mol. The summed E-state index contributed by atoms with van der Waals surface area (Å²) in [5.41, 5.74) is 5.29. The third kappa shape index (κ3) is 3.39. The maximum atomic E-state index is 12.4. The summed E-state index contributed by atoms with van der Waals surface area (Å²) in [6.07, 6.45) is 1.55. The average Bonchev–Trinajstić information content (AvgIpc) is 2.31. The van der Waals surface area contributed by atoms with Gasteiger partial charge in [0.25, 0.3) is 0 Å². The molecule has 0 radical (unpaired) electrons. The first-order valence-corrected chi connectivity index (χ1v) is 7.85. The number of sulfonamides is 1. The summed E-state index contributed by atoms with van der Waals surface area (Å²) in [5, 5.41) is 0.333. The van der Waals surface area contributed by atoms with Crippen molar-refractivity contribution in [3.63, 3.8) is 0 Å². The van der Waals surface area contributed by atoms with E-state index in [-0.39, 0.29) is 10.6 Å². The molecule has 1 atom stereocenters. The zero-order valence-electron chi connectivity index (χ0n) is 10.6. The van der Waals surface area contributed by atoms with E-state index >= 15 is 0 Å². The SMILES string of the molecule is CC1(NS(=O)(=O)c2cc(Cl)ccc2N)CCCOC1. The molecule has 7 heteroatoms. The fraction of sp³-hybridized carbons (Fsp3) is 0.500. The summed E-state index contributed by atoms with van der Waals surface area (Å²) < 4.78 is 32.7. The molecule has 1 heterocycles. The van der Waals surface area contributed by atoms with Gasteiger partial charge in [0, 0.05) is 11.6 Å². The molecule has 1 saturated heterocycles. The lowest BCUT2D eigenvalue weighted by Gasteiger charge is -2.34. The lowest BCUT2D eigenvalue weighted by atomic mass is 9.97. The Morgan fingerprint density at radius 2 is 2.21 bits per heavy atom. The summed E-state index contributed by atoms with van der Waals surface area (Å²) in [5.74, 6) is 0. The van der Waals surface area contributed by atoms with Gasteiger partial charge in [-0.2, -0.15) is 0 Å². The van der Waals surface area contributed by atoms with Gasteiger partial charge in [0.2, 0.25) is 10.0 Å². The predicted octanol–water partition coefficient (Wildman–Crippen LogP) is 1.77. The molecule has 3 N–H and O–H groups in total. The van der Waals surface area contributed by atoms with Gasteiger partial charge < -0.3 is 10.5 Å². The number of hydrogen-bond acceptors (Lipinski definition) is 4. The number of rotatable bonds is 3. The molecule has 1 fully saturated rings. The van der Waals surface area contributed by atoms with E-state index in [2.05, 4.69) is 4.72 Å². The first-order chi connectivity index (χ1) is 8.82. The molecule has 1 aromatic rings. The highest BCUT2D eigenvalue weighted by molar-refractivity contribution is 7.89. The van der Waals surface area contributed by atoms with Crippen LogP contribution in [0.2, 0.25) is 5.02 Å². The fourth-order valence-electron chi connectivity index (χ4n) is 2.13. The van der Waals surface area contributed by atoms with Crippen molar-refractivity contribution >= 4 is 27.3 Å². The molecule has 0 saturated carbocycles. The third-order valence-corrected chi connectivity index (χ3v) is 5.01. The Hall–Kier alpha value is -0.820. The summed E-state index contributed by atoms with van der Waals surface area (Å²) >= 11 is 5.83. The molecule has 19 heavy (non-hydrogen) atoms. The Morgan fingerprint density at radius 1 is 1.47 bits per heavy atom. The van der Waals surface area contributed by atoms with E-state index in [1.54, 1.807) is 6.07 Å². The molecule has 5 nitrogen and oxygen atoms in total. The van der Waals surface area contributed by atoms with Crippen LogP contribution < -0.4 is 10.5 Å². The van der Waals surface area contributed by atoms with Gasteiger partial charge in [-0.25, -0.2) is 13.1 Å². The number of nitrogen functional groups attached to an aromatic ring is 1. The van der Waals surface area contributed by atoms with Crippen LogP contribution in [0.3, 0.4) is 0 Å². The first kappa shape index (κ1) is 14.6. The van der Waals surface area contributed by atoms with Gasteiger partial charge in [-0.1, -0.05) is 11.6 Å². The highest BCUT2D eigenvalue weighted by Gasteiger charge is 2.33. The van der Waals surface area contributed by atoms with E-state index in [0.29, 0.717) is 18.2 Å². The van der Waals surface area contributed by atoms with Crippen LogP contribution in [0.15, 0.2) is 23.1 Å². The van der Waals surface area contributed by atoms with Crippen molar-refractivity contribution in [1.82, 2.24) is 4.72 Å². The normalized spacial score (nSPS) is 24.3. The smallest absolute Gasteiger partial charge is 0.243 e. The Kier molecular flexibility index (Phi) is 4.06. The topological polar surface area (TPSA) is 81.4 Å². The highest BCUT2D eigenvalue weighted by atomic mass is 35.5. The molecule has 0 amide bonds. The Bertz CT molecular complexity index is 568. The number of nitrogens with one attached hydrogen (secondary N) is 1. The molecule has 106 valence electrons. The fourth-order valence-corrected chi connectivity index (χ4v) is 3.95. The molecule has 1 aliphatic heterocycles. The number of halogens is 1. The maximum absolute atomic E-state index is 12.4. The second kappa shape index (κ2) is 5.28. The second-order valence-electron chi connectivity index (χ2n) is 5.00. The van der Waals surface area contributed by atoms with Crippen LogP contribution in [0.25, 0.3) is 0 Å². The third-order valence-electron chi connectivity index (χ3n) is 3.08. The van der Waals surface area contributed by atoms with Crippen LogP contribution in [-0.4, -0.2) is 27.2 Å². The minimum atomic E-state index is -3.71. The maximum Gasteiger partial charge on any atom is 0.243 e. The predicted molar refractivity (Wildman–Crippen MR) is 74.6 cm³/mol. The van der Waals surface area contributed by atoms with Crippen LogP contribution in [-0.2, 0) is 14.8 Å². The largest absolute Gasteiger partial charge is 0.398 e. The zero-order valence-corrected chi connectivity index (χ0v) is 12.2. The van der Waals surface area contributed by atoms with Crippen LogP contribution in [0.5, 0.6) is 0 Å². The van der Waals surface area contributed by atoms with E-state index in [9.17, 15) is 8.42 Å². The van der Waals surface area contributed by atoms with E-state index in [4.69, 9.17) is 22.1 Å². The number of hydrogen-bond donors (Lipinski definition) is 2. The zero-order chi connectivity index (χ0) is 14.1. The lowest BCUT2D eigenvalue weighted by Crippen LogP contribution is -2.51. The summed E-state index contributed by atoms with van der Waals surface area (Å²) in [6.45, 7) is 2.84. The quantitative estimate of drug-likeness (QED) is 0.834.